The van der Waals surface area contributed by atoms with Gasteiger partial charge < -0.3 is 14.3 Å². The van der Waals surface area contributed by atoms with Crippen LogP contribution in [0.1, 0.15) is 27.6 Å². The van der Waals surface area contributed by atoms with Crippen molar-refractivity contribution in [3.63, 3.8) is 0 Å². The van der Waals surface area contributed by atoms with Crippen molar-refractivity contribution < 1.29 is 22.2 Å². The minimum atomic E-state index is -3.79. The second-order valence-corrected chi connectivity index (χ2v) is 9.89. The second-order valence-electron chi connectivity index (χ2n) is 7.11. The fourth-order valence-corrected chi connectivity index (χ4v) is 4.98. The van der Waals surface area contributed by atoms with Crippen LogP contribution in [-0.4, -0.2) is 19.5 Å². The molecule has 8 nitrogen and oxygen atoms in total. The van der Waals surface area contributed by atoms with E-state index in [1.54, 1.807) is 36.4 Å². The first kappa shape index (κ1) is 22.8. The number of hydrogen-bond acceptors (Lipinski definition) is 7. The second kappa shape index (κ2) is 10.1. The van der Waals surface area contributed by atoms with Crippen molar-refractivity contribution in [2.24, 2.45) is 0 Å². The molecule has 1 amide bonds. The van der Waals surface area contributed by atoms with Crippen LogP contribution in [0.15, 0.2) is 91.7 Å². The topological polar surface area (TPSA) is 114 Å². The standard InChI is InChI=1S/C23H21N3O5S2/c1-16-12-19(31-26-16)15-32-22-10-3-2-9-21(22)23(27)25-17-6-4-8-20(13-17)33(28,29)24-14-18-7-5-11-30-18/h2-13,24H,14-15H2,1H3,(H,25,27). The zero-order valence-corrected chi connectivity index (χ0v) is 19.3. The number of benzene rings is 2. The average Bonchev–Trinajstić information content (AvgIpc) is 3.48. The van der Waals surface area contributed by atoms with E-state index in [4.69, 9.17) is 8.94 Å². The molecule has 0 spiro atoms. The number of carbonyl (C=O) groups excluding carboxylic acids is 1. The third-order valence-corrected chi connectivity index (χ3v) is 7.09. The van der Waals surface area contributed by atoms with E-state index < -0.39 is 10.0 Å². The summed E-state index contributed by atoms with van der Waals surface area (Å²) >= 11 is 1.46. The van der Waals surface area contributed by atoms with Crippen LogP contribution < -0.4 is 10.0 Å². The van der Waals surface area contributed by atoms with Crippen molar-refractivity contribution in [2.45, 2.75) is 29.0 Å². The third-order valence-electron chi connectivity index (χ3n) is 4.60. The summed E-state index contributed by atoms with van der Waals surface area (Å²) in [5.41, 5.74) is 1.64. The van der Waals surface area contributed by atoms with Gasteiger partial charge in [0.25, 0.3) is 5.91 Å². The lowest BCUT2D eigenvalue weighted by atomic mass is 10.2. The molecule has 0 aliphatic carbocycles. The Balaban J connectivity index is 1.45. The predicted molar refractivity (Wildman–Crippen MR) is 124 cm³/mol. The number of nitrogens with one attached hydrogen (secondary N) is 2. The van der Waals surface area contributed by atoms with Gasteiger partial charge in [-0.05, 0) is 49.4 Å². The van der Waals surface area contributed by atoms with E-state index in [0.29, 0.717) is 28.5 Å². The van der Waals surface area contributed by atoms with E-state index in [2.05, 4.69) is 15.2 Å². The van der Waals surface area contributed by atoms with Crippen molar-refractivity contribution in [3.05, 3.63) is 95.8 Å². The summed E-state index contributed by atoms with van der Waals surface area (Å²) in [6.45, 7) is 1.88. The number of furan rings is 1. The number of thioether (sulfide) groups is 1. The van der Waals surface area contributed by atoms with Gasteiger partial charge in [-0.3, -0.25) is 4.79 Å². The molecule has 0 bridgehead atoms. The Labute approximate surface area is 195 Å². The molecule has 0 saturated heterocycles. The zero-order valence-electron chi connectivity index (χ0n) is 17.6. The molecule has 2 N–H and O–H groups in total. The summed E-state index contributed by atoms with van der Waals surface area (Å²) in [4.78, 5) is 13.8. The molecular formula is C23H21N3O5S2. The van der Waals surface area contributed by atoms with Crippen molar-refractivity contribution in [1.29, 1.82) is 0 Å². The van der Waals surface area contributed by atoms with Gasteiger partial charge in [-0.1, -0.05) is 23.4 Å². The Kier molecular flexibility index (Phi) is 6.97. The predicted octanol–water partition coefficient (Wildman–Crippen LogP) is 4.60. The molecule has 0 aliphatic heterocycles. The van der Waals surface area contributed by atoms with Gasteiger partial charge in [0.2, 0.25) is 10.0 Å². The van der Waals surface area contributed by atoms with Crippen molar-refractivity contribution in [2.75, 3.05) is 5.32 Å². The summed E-state index contributed by atoms with van der Waals surface area (Å²) in [5, 5.41) is 6.66. The van der Waals surface area contributed by atoms with Gasteiger partial charge in [0.15, 0.2) is 0 Å². The molecule has 0 unspecified atom stereocenters. The van der Waals surface area contributed by atoms with Gasteiger partial charge in [0.05, 0.1) is 34.7 Å². The maximum atomic E-state index is 13.0. The lowest BCUT2D eigenvalue weighted by molar-refractivity contribution is 0.102. The number of sulfonamides is 1. The minimum absolute atomic E-state index is 0.0290. The van der Waals surface area contributed by atoms with Crippen LogP contribution in [0.25, 0.3) is 0 Å². The summed E-state index contributed by atoms with van der Waals surface area (Å²) in [5.74, 6) is 1.40. The highest BCUT2D eigenvalue weighted by Gasteiger charge is 2.17. The fourth-order valence-electron chi connectivity index (χ4n) is 3.02. The summed E-state index contributed by atoms with van der Waals surface area (Å²) in [6, 6.07) is 18.5. The summed E-state index contributed by atoms with van der Waals surface area (Å²) in [7, 11) is -3.79. The highest BCUT2D eigenvalue weighted by atomic mass is 32.2. The Morgan fingerprint density at radius 2 is 1.88 bits per heavy atom. The van der Waals surface area contributed by atoms with Gasteiger partial charge in [-0.2, -0.15) is 0 Å². The highest BCUT2D eigenvalue weighted by Crippen LogP contribution is 2.27. The number of anilines is 1. The van der Waals surface area contributed by atoms with Crippen LogP contribution in [0, 0.1) is 6.92 Å². The lowest BCUT2D eigenvalue weighted by Crippen LogP contribution is -2.23. The largest absolute Gasteiger partial charge is 0.468 e. The van der Waals surface area contributed by atoms with Gasteiger partial charge in [-0.25, -0.2) is 13.1 Å². The molecule has 0 radical (unpaired) electrons. The SMILES string of the molecule is Cc1cc(CSc2ccccc2C(=O)Nc2cccc(S(=O)(=O)NCc3ccco3)c2)on1. The maximum Gasteiger partial charge on any atom is 0.256 e. The molecule has 0 atom stereocenters. The van der Waals surface area contributed by atoms with Crippen LogP contribution >= 0.6 is 11.8 Å². The number of rotatable bonds is 9. The van der Waals surface area contributed by atoms with Gasteiger partial charge >= 0.3 is 0 Å². The Morgan fingerprint density at radius 3 is 2.64 bits per heavy atom. The van der Waals surface area contributed by atoms with Crippen molar-refractivity contribution in [1.82, 2.24) is 9.88 Å². The van der Waals surface area contributed by atoms with Crippen LogP contribution in [0.2, 0.25) is 0 Å². The average molecular weight is 484 g/mol. The minimum Gasteiger partial charge on any atom is -0.468 e. The molecule has 4 rings (SSSR count). The van der Waals surface area contributed by atoms with Crippen LogP contribution in [0.4, 0.5) is 5.69 Å². The van der Waals surface area contributed by atoms with E-state index in [0.717, 1.165) is 10.6 Å². The first-order chi connectivity index (χ1) is 15.9. The molecule has 2 aromatic carbocycles. The normalized spacial score (nSPS) is 11.4. The molecule has 2 aromatic heterocycles. The maximum absolute atomic E-state index is 13.0. The summed E-state index contributed by atoms with van der Waals surface area (Å²) in [6.07, 6.45) is 1.47. The van der Waals surface area contributed by atoms with E-state index in [1.807, 2.05) is 25.1 Å². The Morgan fingerprint density at radius 1 is 1.03 bits per heavy atom. The fraction of sp³-hybridized carbons (Fsp3) is 0.130. The quantitative estimate of drug-likeness (QED) is 0.334. The number of aryl methyl sites for hydroxylation is 1. The number of nitrogens with zero attached hydrogens (tertiary/aromatic N) is 1. The molecule has 2 heterocycles. The van der Waals surface area contributed by atoms with E-state index >= 15 is 0 Å². The first-order valence-corrected chi connectivity index (χ1v) is 12.4. The molecule has 0 aliphatic rings. The lowest BCUT2D eigenvalue weighted by Gasteiger charge is -2.11. The smallest absolute Gasteiger partial charge is 0.256 e. The van der Waals surface area contributed by atoms with Gasteiger partial charge in [0, 0.05) is 16.6 Å². The van der Waals surface area contributed by atoms with Crippen LogP contribution in [-0.2, 0) is 22.3 Å². The summed E-state index contributed by atoms with van der Waals surface area (Å²) < 4.78 is 38.1. The first-order valence-electron chi connectivity index (χ1n) is 9.98. The van der Waals surface area contributed by atoms with E-state index in [1.165, 1.54) is 30.2 Å². The van der Waals surface area contributed by atoms with Crippen molar-refractivity contribution in [3.8, 4) is 0 Å². The monoisotopic (exact) mass is 483 g/mol. The Hall–Kier alpha value is -3.34. The molecule has 0 saturated carbocycles. The van der Waals surface area contributed by atoms with Crippen molar-refractivity contribution >= 4 is 33.4 Å². The van der Waals surface area contributed by atoms with E-state index in [-0.39, 0.29) is 17.3 Å². The molecule has 4 aromatic rings. The molecule has 0 fully saturated rings. The molecule has 33 heavy (non-hydrogen) atoms. The number of aromatic nitrogens is 1. The van der Waals surface area contributed by atoms with Crippen LogP contribution in [0.5, 0.6) is 0 Å². The zero-order chi connectivity index (χ0) is 23.3. The van der Waals surface area contributed by atoms with Gasteiger partial charge in [0.1, 0.15) is 11.5 Å². The molecule has 10 heteroatoms. The molecule has 170 valence electrons. The number of hydrogen-bond donors (Lipinski definition) is 2. The third kappa shape index (κ3) is 5.92. The number of carbonyl (C=O) groups is 1. The highest BCUT2D eigenvalue weighted by molar-refractivity contribution is 7.98. The molecular weight excluding hydrogens is 462 g/mol. The van der Waals surface area contributed by atoms with Crippen LogP contribution in [0.3, 0.4) is 0 Å². The Bertz CT molecular complexity index is 1350. The number of amides is 1. The van der Waals surface area contributed by atoms with Gasteiger partial charge in [-0.15, -0.1) is 11.8 Å². The van der Waals surface area contributed by atoms with E-state index in [9.17, 15) is 13.2 Å².